The summed E-state index contributed by atoms with van der Waals surface area (Å²) < 4.78 is 40.0. The van der Waals surface area contributed by atoms with Gasteiger partial charge >= 0.3 is 6.18 Å². The van der Waals surface area contributed by atoms with Gasteiger partial charge in [0.05, 0.1) is 0 Å². The number of aryl methyl sites for hydroxylation is 2. The first-order chi connectivity index (χ1) is 10.5. The molecule has 1 unspecified atom stereocenters. The van der Waals surface area contributed by atoms with Crippen molar-refractivity contribution in [3.63, 3.8) is 0 Å². The molecule has 1 aliphatic heterocycles. The molecular weight excluding hydrogens is 297 g/mol. The minimum atomic E-state index is -4.47. The Hall–Kier alpha value is -2.19. The normalized spacial score (nSPS) is 18.1. The fourth-order valence-corrected chi connectivity index (χ4v) is 2.53. The highest BCUT2D eigenvalue weighted by molar-refractivity contribution is 5.28. The van der Waals surface area contributed by atoms with E-state index in [9.17, 15) is 13.2 Å². The van der Waals surface area contributed by atoms with Gasteiger partial charge in [0.1, 0.15) is 17.3 Å². The zero-order chi connectivity index (χ0) is 15.7. The minimum absolute atomic E-state index is 0.00519. The predicted molar refractivity (Wildman–Crippen MR) is 72.2 cm³/mol. The van der Waals surface area contributed by atoms with Crippen LogP contribution in [-0.2, 0) is 25.6 Å². The molecule has 9 heteroatoms. The lowest BCUT2D eigenvalue weighted by Gasteiger charge is -2.25. The van der Waals surface area contributed by atoms with E-state index < -0.39 is 11.9 Å². The van der Waals surface area contributed by atoms with E-state index in [0.29, 0.717) is 6.54 Å². The number of rotatable bonds is 3. The summed E-state index contributed by atoms with van der Waals surface area (Å²) in [5.41, 5.74) is -0.944. The Kier molecular flexibility index (Phi) is 3.71. The summed E-state index contributed by atoms with van der Waals surface area (Å²) in [7, 11) is 0. The van der Waals surface area contributed by atoms with E-state index in [2.05, 4.69) is 25.5 Å². The summed E-state index contributed by atoms with van der Waals surface area (Å²) in [4.78, 5) is 7.41. The minimum Gasteiger partial charge on any atom is -0.350 e. The molecular formula is C13H15F3N6. The van der Waals surface area contributed by atoms with Gasteiger partial charge in [0.15, 0.2) is 0 Å². The van der Waals surface area contributed by atoms with Crippen LogP contribution in [0.2, 0.25) is 0 Å². The third-order valence-electron chi connectivity index (χ3n) is 3.62. The Balaban J connectivity index is 1.75. The number of hydrogen-bond acceptors (Lipinski definition) is 5. The summed E-state index contributed by atoms with van der Waals surface area (Å²) in [5, 5.41) is 11.2. The Bertz CT molecular complexity index is 653. The van der Waals surface area contributed by atoms with Crippen LogP contribution in [0.4, 0.5) is 19.1 Å². The Morgan fingerprint density at radius 1 is 1.36 bits per heavy atom. The summed E-state index contributed by atoms with van der Waals surface area (Å²) in [6.45, 7) is 2.59. The van der Waals surface area contributed by atoms with Crippen molar-refractivity contribution in [1.82, 2.24) is 24.7 Å². The number of nitrogens with zero attached hydrogens (tertiary/aromatic N) is 5. The van der Waals surface area contributed by atoms with Crippen LogP contribution in [-0.4, -0.2) is 30.8 Å². The predicted octanol–water partition coefficient (Wildman–Crippen LogP) is 2.08. The van der Waals surface area contributed by atoms with Gasteiger partial charge in [-0.25, -0.2) is 9.97 Å². The molecule has 0 fully saturated rings. The van der Waals surface area contributed by atoms with Crippen molar-refractivity contribution < 1.29 is 13.2 Å². The van der Waals surface area contributed by atoms with Crippen molar-refractivity contribution >= 4 is 5.95 Å². The third kappa shape index (κ3) is 2.88. The van der Waals surface area contributed by atoms with Gasteiger partial charge in [-0.1, -0.05) is 6.92 Å². The van der Waals surface area contributed by atoms with E-state index in [0.717, 1.165) is 43.2 Å². The molecule has 2 aromatic heterocycles. The number of alkyl halides is 3. The number of aromatic nitrogens is 5. The third-order valence-corrected chi connectivity index (χ3v) is 3.62. The molecule has 0 spiro atoms. The fourth-order valence-electron chi connectivity index (χ4n) is 2.53. The van der Waals surface area contributed by atoms with Gasteiger partial charge in [0.25, 0.3) is 0 Å². The monoisotopic (exact) mass is 312 g/mol. The van der Waals surface area contributed by atoms with Crippen LogP contribution >= 0.6 is 0 Å². The van der Waals surface area contributed by atoms with E-state index in [1.54, 1.807) is 0 Å². The highest BCUT2D eigenvalue weighted by Crippen LogP contribution is 2.28. The van der Waals surface area contributed by atoms with Gasteiger partial charge in [-0.3, -0.25) is 0 Å². The van der Waals surface area contributed by atoms with Crippen LogP contribution in [0, 0.1) is 0 Å². The molecule has 0 bridgehead atoms. The maximum atomic E-state index is 12.7. The van der Waals surface area contributed by atoms with Crippen LogP contribution in [0.1, 0.15) is 30.7 Å². The molecule has 118 valence electrons. The van der Waals surface area contributed by atoms with Gasteiger partial charge in [-0.2, -0.15) is 13.2 Å². The van der Waals surface area contributed by atoms with Gasteiger partial charge in [-0.05, 0) is 12.5 Å². The highest BCUT2D eigenvalue weighted by atomic mass is 19.4. The zero-order valence-corrected chi connectivity index (χ0v) is 11.9. The zero-order valence-electron chi connectivity index (χ0n) is 11.9. The van der Waals surface area contributed by atoms with E-state index in [-0.39, 0.29) is 12.0 Å². The Morgan fingerprint density at radius 2 is 2.18 bits per heavy atom. The van der Waals surface area contributed by atoms with Gasteiger partial charge in [-0.15, -0.1) is 10.2 Å². The summed E-state index contributed by atoms with van der Waals surface area (Å²) in [5.74, 6) is 1.79. The first kappa shape index (κ1) is 14.7. The average Bonchev–Trinajstić information content (AvgIpc) is 2.89. The lowest BCUT2D eigenvalue weighted by molar-refractivity contribution is -0.141. The highest BCUT2D eigenvalue weighted by Gasteiger charge is 2.33. The molecule has 0 saturated carbocycles. The van der Waals surface area contributed by atoms with Crippen molar-refractivity contribution in [1.29, 1.82) is 0 Å². The van der Waals surface area contributed by atoms with Crippen molar-refractivity contribution in [3.8, 4) is 0 Å². The summed E-state index contributed by atoms with van der Waals surface area (Å²) >= 11 is 0. The van der Waals surface area contributed by atoms with Gasteiger partial charge < -0.3 is 9.88 Å². The molecule has 22 heavy (non-hydrogen) atoms. The molecule has 0 aliphatic carbocycles. The number of nitrogens with one attached hydrogen (secondary N) is 1. The maximum absolute atomic E-state index is 12.7. The molecule has 3 rings (SSSR count). The van der Waals surface area contributed by atoms with Crippen molar-refractivity contribution in [3.05, 3.63) is 29.6 Å². The molecule has 6 nitrogen and oxygen atoms in total. The van der Waals surface area contributed by atoms with Crippen LogP contribution < -0.4 is 5.32 Å². The molecule has 3 heterocycles. The van der Waals surface area contributed by atoms with E-state index in [4.69, 9.17) is 0 Å². The van der Waals surface area contributed by atoms with E-state index in [1.165, 1.54) is 0 Å². The first-order valence-corrected chi connectivity index (χ1v) is 7.05. The SMILES string of the molecule is CCc1nnc2n1CC(Nc1nccc(C(F)(F)F)n1)CC2. The standard InChI is InChI=1S/C13H15F3N6/c1-2-10-20-21-11-4-3-8(7-22(10)11)18-12-17-6-5-9(19-12)13(14,15)16/h5-6,8H,2-4,7H2,1H3,(H,17,18,19). The van der Waals surface area contributed by atoms with Crippen molar-refractivity contribution in [2.75, 3.05) is 5.32 Å². The average molecular weight is 312 g/mol. The number of fused-ring (bicyclic) bond motifs is 1. The molecule has 0 radical (unpaired) electrons. The Morgan fingerprint density at radius 3 is 2.91 bits per heavy atom. The summed E-state index contributed by atoms with van der Waals surface area (Å²) in [6, 6.07) is 0.816. The first-order valence-electron chi connectivity index (χ1n) is 7.05. The van der Waals surface area contributed by atoms with Crippen LogP contribution in [0.5, 0.6) is 0 Å². The maximum Gasteiger partial charge on any atom is 0.433 e. The number of hydrogen-bond donors (Lipinski definition) is 1. The second-order valence-electron chi connectivity index (χ2n) is 5.14. The smallest absolute Gasteiger partial charge is 0.350 e. The fraction of sp³-hybridized carbons (Fsp3) is 0.538. The molecule has 1 aliphatic rings. The topological polar surface area (TPSA) is 68.5 Å². The summed E-state index contributed by atoms with van der Waals surface area (Å²) in [6.07, 6.45) is -1.11. The van der Waals surface area contributed by atoms with E-state index >= 15 is 0 Å². The molecule has 1 N–H and O–H groups in total. The Labute approximate surface area is 124 Å². The molecule has 0 amide bonds. The molecule has 0 saturated heterocycles. The second-order valence-corrected chi connectivity index (χ2v) is 5.14. The molecule has 2 aromatic rings. The second kappa shape index (κ2) is 5.54. The quantitative estimate of drug-likeness (QED) is 0.940. The largest absolute Gasteiger partial charge is 0.433 e. The lowest BCUT2D eigenvalue weighted by atomic mass is 10.1. The van der Waals surface area contributed by atoms with Crippen molar-refractivity contribution in [2.45, 2.75) is 44.9 Å². The van der Waals surface area contributed by atoms with Gasteiger partial charge in [0.2, 0.25) is 5.95 Å². The van der Waals surface area contributed by atoms with Crippen LogP contribution in [0.25, 0.3) is 0 Å². The lowest BCUT2D eigenvalue weighted by Crippen LogP contribution is -2.33. The van der Waals surface area contributed by atoms with Crippen molar-refractivity contribution in [2.24, 2.45) is 0 Å². The number of halogens is 3. The molecule has 1 atom stereocenters. The number of anilines is 1. The molecule has 0 aromatic carbocycles. The van der Waals surface area contributed by atoms with Crippen LogP contribution in [0.15, 0.2) is 12.3 Å². The van der Waals surface area contributed by atoms with E-state index in [1.807, 2.05) is 11.5 Å². The van der Waals surface area contributed by atoms with Crippen LogP contribution in [0.3, 0.4) is 0 Å². The van der Waals surface area contributed by atoms with Gasteiger partial charge in [0, 0.05) is 31.6 Å².